The molecule has 2 aliphatic carbocycles. The molecule has 118 valence electrons. The first-order valence-electron chi connectivity index (χ1n) is 8.78. The molecule has 0 radical (unpaired) electrons. The molecule has 0 bridgehead atoms. The quantitative estimate of drug-likeness (QED) is 0.664. The molecule has 2 rings (SSSR count). The predicted molar refractivity (Wildman–Crippen MR) is 84.5 cm³/mol. The third kappa shape index (κ3) is 4.79. The summed E-state index contributed by atoms with van der Waals surface area (Å²) in [5.41, 5.74) is 0. The summed E-state index contributed by atoms with van der Waals surface area (Å²) in [6.45, 7) is 10.8. The van der Waals surface area contributed by atoms with Gasteiger partial charge in [-0.05, 0) is 49.9 Å². The summed E-state index contributed by atoms with van der Waals surface area (Å²) in [6, 6.07) is 0. The first-order valence-corrected chi connectivity index (χ1v) is 8.78. The Morgan fingerprint density at radius 3 is 2.20 bits per heavy atom. The average Bonchev–Trinajstić information content (AvgIpc) is 2.97. The monoisotopic (exact) mass is 282 g/mol. The van der Waals surface area contributed by atoms with Crippen LogP contribution < -0.4 is 0 Å². The molecule has 20 heavy (non-hydrogen) atoms. The number of esters is 1. The molecule has 2 fully saturated rings. The van der Waals surface area contributed by atoms with Crippen molar-refractivity contribution in [2.45, 2.75) is 85.7 Å². The van der Waals surface area contributed by atoms with E-state index in [0.29, 0.717) is 11.8 Å². The van der Waals surface area contributed by atoms with E-state index in [-0.39, 0.29) is 18.0 Å². The minimum absolute atomic E-state index is 0.0914. The standard InChI is InChI=1S/C16H28O2.C2H6/c1-11(2)14-9-8-12(3)15(10-14)18-16(17)13-6-4-5-7-13;1-2/h11-15H,4-10H2,1-3H3;1-2H3/t12-,14-,15+;/m1./s1. The topological polar surface area (TPSA) is 26.3 Å². The van der Waals surface area contributed by atoms with Gasteiger partial charge in [0, 0.05) is 0 Å². The molecule has 0 aromatic heterocycles. The lowest BCUT2D eigenvalue weighted by molar-refractivity contribution is -0.159. The molecule has 0 amide bonds. The fourth-order valence-corrected chi connectivity index (χ4v) is 3.49. The third-order valence-corrected chi connectivity index (χ3v) is 5.06. The minimum Gasteiger partial charge on any atom is -0.462 e. The molecule has 0 aliphatic heterocycles. The van der Waals surface area contributed by atoms with Gasteiger partial charge >= 0.3 is 5.97 Å². The molecular formula is C18H34O2. The van der Waals surface area contributed by atoms with Crippen LogP contribution in [0.4, 0.5) is 0 Å². The zero-order valence-corrected chi connectivity index (χ0v) is 14.2. The lowest BCUT2D eigenvalue weighted by Crippen LogP contribution is -2.35. The molecule has 3 atom stereocenters. The van der Waals surface area contributed by atoms with Crippen molar-refractivity contribution in [3.8, 4) is 0 Å². The van der Waals surface area contributed by atoms with E-state index in [1.165, 1.54) is 25.7 Å². The van der Waals surface area contributed by atoms with Gasteiger partial charge in [0.05, 0.1) is 5.92 Å². The van der Waals surface area contributed by atoms with Crippen LogP contribution in [0.15, 0.2) is 0 Å². The van der Waals surface area contributed by atoms with Gasteiger partial charge in [-0.15, -0.1) is 0 Å². The minimum atomic E-state index is 0.0914. The lowest BCUT2D eigenvalue weighted by atomic mass is 9.76. The molecule has 2 saturated carbocycles. The molecule has 0 heterocycles. The molecule has 2 nitrogen and oxygen atoms in total. The van der Waals surface area contributed by atoms with Crippen LogP contribution in [0.5, 0.6) is 0 Å². The van der Waals surface area contributed by atoms with Gasteiger partial charge < -0.3 is 4.74 Å². The van der Waals surface area contributed by atoms with Gasteiger partial charge in [-0.2, -0.15) is 0 Å². The van der Waals surface area contributed by atoms with E-state index < -0.39 is 0 Å². The van der Waals surface area contributed by atoms with Crippen molar-refractivity contribution in [3.05, 3.63) is 0 Å². The second kappa shape index (κ2) is 8.69. The average molecular weight is 282 g/mol. The van der Waals surface area contributed by atoms with Gasteiger partial charge in [-0.25, -0.2) is 0 Å². The van der Waals surface area contributed by atoms with Crippen LogP contribution in [0, 0.1) is 23.7 Å². The van der Waals surface area contributed by atoms with E-state index in [4.69, 9.17) is 4.74 Å². The molecule has 0 aromatic rings. The number of rotatable bonds is 3. The molecule has 2 heteroatoms. The van der Waals surface area contributed by atoms with Gasteiger partial charge in [0.2, 0.25) is 0 Å². The van der Waals surface area contributed by atoms with Gasteiger partial charge in [0.15, 0.2) is 0 Å². The maximum Gasteiger partial charge on any atom is 0.309 e. The number of hydrogen-bond acceptors (Lipinski definition) is 2. The Hall–Kier alpha value is -0.530. The van der Waals surface area contributed by atoms with Crippen molar-refractivity contribution in [1.29, 1.82) is 0 Å². The van der Waals surface area contributed by atoms with E-state index >= 15 is 0 Å². The fourth-order valence-electron chi connectivity index (χ4n) is 3.49. The summed E-state index contributed by atoms with van der Waals surface area (Å²) in [5, 5.41) is 0. The Kier molecular flexibility index (Phi) is 7.61. The van der Waals surface area contributed by atoms with Gasteiger partial charge in [0.1, 0.15) is 6.10 Å². The zero-order valence-electron chi connectivity index (χ0n) is 14.2. The number of carbonyl (C=O) groups is 1. The van der Waals surface area contributed by atoms with Crippen LogP contribution in [0.25, 0.3) is 0 Å². The summed E-state index contributed by atoms with van der Waals surface area (Å²) < 4.78 is 5.83. The summed E-state index contributed by atoms with van der Waals surface area (Å²) in [5.74, 6) is 2.29. The van der Waals surface area contributed by atoms with Gasteiger partial charge in [-0.1, -0.05) is 47.5 Å². The fraction of sp³-hybridized carbons (Fsp3) is 0.944. The highest BCUT2D eigenvalue weighted by atomic mass is 16.5. The van der Waals surface area contributed by atoms with Crippen LogP contribution in [0.3, 0.4) is 0 Å². The maximum atomic E-state index is 12.1. The Morgan fingerprint density at radius 1 is 1.05 bits per heavy atom. The molecule has 0 unspecified atom stereocenters. The molecule has 0 saturated heterocycles. The molecular weight excluding hydrogens is 248 g/mol. The molecule has 0 aromatic carbocycles. The van der Waals surface area contributed by atoms with Gasteiger partial charge in [-0.3, -0.25) is 4.79 Å². The summed E-state index contributed by atoms with van der Waals surface area (Å²) >= 11 is 0. The normalized spacial score (nSPS) is 30.8. The second-order valence-electron chi connectivity index (χ2n) is 6.75. The Bertz CT molecular complexity index is 279. The van der Waals surface area contributed by atoms with Crippen molar-refractivity contribution < 1.29 is 9.53 Å². The van der Waals surface area contributed by atoms with E-state index in [9.17, 15) is 4.79 Å². The Morgan fingerprint density at radius 2 is 1.65 bits per heavy atom. The van der Waals surface area contributed by atoms with Crippen LogP contribution in [-0.2, 0) is 9.53 Å². The Balaban J connectivity index is 0.000000956. The SMILES string of the molecule is CC.CC(C)[C@@H]1CC[C@@H](C)[C@@H](OC(=O)C2CCCC2)C1. The summed E-state index contributed by atoms with van der Waals surface area (Å²) in [7, 11) is 0. The number of hydrogen-bond donors (Lipinski definition) is 0. The predicted octanol–water partition coefficient (Wildman–Crippen LogP) is 5.21. The van der Waals surface area contributed by atoms with Crippen LogP contribution in [0.2, 0.25) is 0 Å². The van der Waals surface area contributed by atoms with Crippen molar-refractivity contribution >= 4 is 5.97 Å². The first-order chi connectivity index (χ1) is 9.58. The third-order valence-electron chi connectivity index (χ3n) is 5.06. The van der Waals surface area contributed by atoms with E-state index in [1.807, 2.05) is 13.8 Å². The number of carbonyl (C=O) groups excluding carboxylic acids is 1. The van der Waals surface area contributed by atoms with Crippen molar-refractivity contribution in [1.82, 2.24) is 0 Å². The van der Waals surface area contributed by atoms with E-state index in [0.717, 1.165) is 25.2 Å². The largest absolute Gasteiger partial charge is 0.462 e. The van der Waals surface area contributed by atoms with E-state index in [1.54, 1.807) is 0 Å². The lowest BCUT2D eigenvalue weighted by Gasteiger charge is -2.36. The van der Waals surface area contributed by atoms with Crippen molar-refractivity contribution in [3.63, 3.8) is 0 Å². The highest BCUT2D eigenvalue weighted by Gasteiger charge is 2.34. The maximum absolute atomic E-state index is 12.1. The second-order valence-corrected chi connectivity index (χ2v) is 6.75. The highest BCUT2D eigenvalue weighted by Crippen LogP contribution is 2.36. The first kappa shape index (κ1) is 17.5. The smallest absolute Gasteiger partial charge is 0.309 e. The number of ether oxygens (including phenoxy) is 1. The summed E-state index contributed by atoms with van der Waals surface area (Å²) in [6.07, 6.45) is 8.28. The van der Waals surface area contributed by atoms with Crippen LogP contribution in [0.1, 0.15) is 79.6 Å². The van der Waals surface area contributed by atoms with Crippen LogP contribution >= 0.6 is 0 Å². The summed E-state index contributed by atoms with van der Waals surface area (Å²) in [4.78, 5) is 12.1. The highest BCUT2D eigenvalue weighted by molar-refractivity contribution is 5.72. The Labute approximate surface area is 125 Å². The van der Waals surface area contributed by atoms with E-state index in [2.05, 4.69) is 20.8 Å². The van der Waals surface area contributed by atoms with Crippen LogP contribution in [-0.4, -0.2) is 12.1 Å². The molecule has 0 spiro atoms. The zero-order chi connectivity index (χ0) is 15.1. The van der Waals surface area contributed by atoms with Crippen molar-refractivity contribution in [2.75, 3.05) is 0 Å². The molecule has 2 aliphatic rings. The van der Waals surface area contributed by atoms with Crippen molar-refractivity contribution in [2.24, 2.45) is 23.7 Å². The van der Waals surface area contributed by atoms with Gasteiger partial charge in [0.25, 0.3) is 0 Å². The molecule has 0 N–H and O–H groups in total.